The number of nitrogens with zero attached hydrogens (tertiary/aromatic N) is 1. The fourth-order valence-corrected chi connectivity index (χ4v) is 2.39. The molecule has 0 unspecified atom stereocenters. The molecule has 0 radical (unpaired) electrons. The molecule has 3 rings (SSSR count). The van der Waals surface area contributed by atoms with E-state index in [0.29, 0.717) is 11.3 Å². The minimum absolute atomic E-state index is 0.0224. The number of carbonyl (C=O) groups is 2. The number of para-hydroxylation sites is 1. The maximum Gasteiger partial charge on any atom is 0.274 e. The van der Waals surface area contributed by atoms with Gasteiger partial charge in [-0.3, -0.25) is 14.8 Å². The summed E-state index contributed by atoms with van der Waals surface area (Å²) in [4.78, 5) is 23.6. The number of hydrazone groups is 1. The van der Waals surface area contributed by atoms with Gasteiger partial charge >= 0.3 is 0 Å². The van der Waals surface area contributed by atoms with E-state index in [1.165, 1.54) is 54.2 Å². The monoisotopic (exact) mass is 393 g/mol. The van der Waals surface area contributed by atoms with Gasteiger partial charge in [0.2, 0.25) is 0 Å². The van der Waals surface area contributed by atoms with E-state index < -0.39 is 17.6 Å². The lowest BCUT2D eigenvalue weighted by Gasteiger charge is -2.07. The topological polar surface area (TPSA) is 100 Å². The Morgan fingerprint density at radius 1 is 0.931 bits per heavy atom. The molecule has 0 saturated heterocycles. The Morgan fingerprint density at radius 3 is 2.38 bits per heavy atom. The Balaban J connectivity index is 1.68. The van der Waals surface area contributed by atoms with Crippen LogP contribution in [0, 0.1) is 5.82 Å². The van der Waals surface area contributed by atoms with Crippen molar-refractivity contribution in [1.29, 1.82) is 0 Å². The second kappa shape index (κ2) is 9.25. The van der Waals surface area contributed by atoms with Crippen LogP contribution in [0.25, 0.3) is 0 Å². The highest BCUT2D eigenvalue weighted by atomic mass is 19.1. The summed E-state index contributed by atoms with van der Waals surface area (Å²) in [5, 5.41) is 12.5. The van der Waals surface area contributed by atoms with Crippen LogP contribution in [0.15, 0.2) is 77.9 Å². The quantitative estimate of drug-likeness (QED) is 0.339. The van der Waals surface area contributed by atoms with E-state index in [1.807, 2.05) is 6.07 Å². The van der Waals surface area contributed by atoms with E-state index >= 15 is 0 Å². The molecule has 3 aromatic carbocycles. The van der Waals surface area contributed by atoms with Crippen LogP contribution in [-0.4, -0.2) is 23.2 Å². The highest BCUT2D eigenvalue weighted by Crippen LogP contribution is 2.24. The molecule has 3 N–H and O–H groups in total. The zero-order chi connectivity index (χ0) is 20.6. The predicted octanol–water partition coefficient (Wildman–Crippen LogP) is 3.50. The van der Waals surface area contributed by atoms with Crippen molar-refractivity contribution >= 4 is 18.0 Å². The summed E-state index contributed by atoms with van der Waals surface area (Å²) < 4.78 is 19.5. The first-order chi connectivity index (χ1) is 14.1. The summed E-state index contributed by atoms with van der Waals surface area (Å²) in [7, 11) is 0. The van der Waals surface area contributed by atoms with Gasteiger partial charge in [-0.25, -0.2) is 15.3 Å². The summed E-state index contributed by atoms with van der Waals surface area (Å²) in [5.41, 5.74) is 4.61. The van der Waals surface area contributed by atoms with Crippen molar-refractivity contribution in [1.82, 2.24) is 10.9 Å². The number of hydrogen-bond donors (Lipinski definition) is 3. The molecule has 2 amide bonds. The third kappa shape index (κ3) is 5.24. The first-order valence-corrected chi connectivity index (χ1v) is 8.47. The van der Waals surface area contributed by atoms with Gasteiger partial charge < -0.3 is 4.74 Å². The summed E-state index contributed by atoms with van der Waals surface area (Å²) >= 11 is 0. The van der Waals surface area contributed by atoms with Gasteiger partial charge in [0.15, 0.2) is 11.6 Å². The van der Waals surface area contributed by atoms with E-state index in [-0.39, 0.29) is 16.9 Å². The molecular formula is C21H16FN3O4. The number of amides is 2. The Morgan fingerprint density at radius 2 is 1.66 bits per heavy atom. The normalized spacial score (nSPS) is 10.6. The van der Waals surface area contributed by atoms with E-state index in [2.05, 4.69) is 10.5 Å². The minimum Gasteiger partial charge on any atom is -0.454 e. The Kier molecular flexibility index (Phi) is 6.29. The van der Waals surface area contributed by atoms with Gasteiger partial charge in [-0.2, -0.15) is 5.10 Å². The van der Waals surface area contributed by atoms with Crippen molar-refractivity contribution in [3.63, 3.8) is 0 Å². The summed E-state index contributed by atoms with van der Waals surface area (Å²) in [5.74, 6) is -1.32. The molecule has 0 bridgehead atoms. The van der Waals surface area contributed by atoms with Crippen LogP contribution in [0.1, 0.15) is 26.3 Å². The first-order valence-electron chi connectivity index (χ1n) is 8.47. The van der Waals surface area contributed by atoms with Gasteiger partial charge in [0.1, 0.15) is 5.75 Å². The fourth-order valence-electron chi connectivity index (χ4n) is 2.39. The second-order valence-electron chi connectivity index (χ2n) is 5.83. The van der Waals surface area contributed by atoms with Gasteiger partial charge in [0, 0.05) is 11.1 Å². The molecule has 0 heterocycles. The van der Waals surface area contributed by atoms with Gasteiger partial charge in [0.05, 0.1) is 6.21 Å². The molecule has 0 saturated carbocycles. The van der Waals surface area contributed by atoms with E-state index in [9.17, 15) is 14.0 Å². The van der Waals surface area contributed by atoms with Crippen LogP contribution in [0.3, 0.4) is 0 Å². The molecule has 3 aromatic rings. The Labute approximate surface area is 165 Å². The lowest BCUT2D eigenvalue weighted by atomic mass is 10.1. The predicted molar refractivity (Wildman–Crippen MR) is 104 cm³/mol. The highest BCUT2D eigenvalue weighted by molar-refractivity contribution is 5.99. The zero-order valence-electron chi connectivity index (χ0n) is 15.0. The number of hydrogen-bond acceptors (Lipinski definition) is 5. The average Bonchev–Trinajstić information content (AvgIpc) is 2.76. The van der Waals surface area contributed by atoms with Crippen molar-refractivity contribution < 1.29 is 23.9 Å². The minimum atomic E-state index is -0.736. The summed E-state index contributed by atoms with van der Waals surface area (Å²) in [6, 6.07) is 18.7. The molecule has 0 aliphatic heterocycles. The number of rotatable bonds is 6. The number of nitrogens with one attached hydrogen (secondary N) is 2. The van der Waals surface area contributed by atoms with Gasteiger partial charge in [0.25, 0.3) is 11.8 Å². The van der Waals surface area contributed by atoms with Crippen molar-refractivity contribution in [3.8, 4) is 11.5 Å². The fraction of sp³-hybridized carbons (Fsp3) is 0. The number of ether oxygens (including phenoxy) is 1. The van der Waals surface area contributed by atoms with Gasteiger partial charge in [-0.05, 0) is 48.0 Å². The number of benzene rings is 3. The van der Waals surface area contributed by atoms with Crippen LogP contribution >= 0.6 is 0 Å². The second-order valence-corrected chi connectivity index (χ2v) is 5.83. The van der Waals surface area contributed by atoms with Crippen molar-refractivity contribution in [2.75, 3.05) is 0 Å². The molecule has 0 spiro atoms. The van der Waals surface area contributed by atoms with Crippen molar-refractivity contribution in [2.24, 2.45) is 5.10 Å². The molecule has 7 nitrogen and oxygen atoms in total. The third-order valence-electron chi connectivity index (χ3n) is 3.79. The number of halogens is 1. The molecular weight excluding hydrogens is 377 g/mol. The SMILES string of the molecule is O=C(NO)c1cccc(C(=O)N/N=C/c2ccc(F)c(Oc3ccccc3)c2)c1. The van der Waals surface area contributed by atoms with E-state index in [4.69, 9.17) is 9.94 Å². The standard InChI is InChI=1S/C21H16FN3O4/c22-18-10-9-14(11-19(18)29-17-7-2-1-3-8-17)13-23-24-20(26)15-5-4-6-16(12-15)21(27)25-28/h1-13,28H,(H,24,26)(H,25,27)/b23-13+. The molecule has 0 aliphatic rings. The first kappa shape index (κ1) is 19.7. The maximum absolute atomic E-state index is 14.0. The van der Waals surface area contributed by atoms with Crippen LogP contribution in [0.2, 0.25) is 0 Å². The molecule has 0 atom stereocenters. The third-order valence-corrected chi connectivity index (χ3v) is 3.79. The van der Waals surface area contributed by atoms with Gasteiger partial charge in [-0.15, -0.1) is 0 Å². The highest BCUT2D eigenvalue weighted by Gasteiger charge is 2.09. The van der Waals surface area contributed by atoms with E-state index in [1.54, 1.807) is 24.3 Å². The Bertz CT molecular complexity index is 1050. The largest absolute Gasteiger partial charge is 0.454 e. The molecule has 8 heteroatoms. The van der Waals surface area contributed by atoms with Crippen LogP contribution in [0.5, 0.6) is 11.5 Å². The number of hydroxylamine groups is 1. The molecule has 0 fully saturated rings. The molecule has 0 aromatic heterocycles. The van der Waals surface area contributed by atoms with Gasteiger partial charge in [-0.1, -0.05) is 30.3 Å². The maximum atomic E-state index is 14.0. The van der Waals surface area contributed by atoms with Crippen molar-refractivity contribution in [3.05, 3.63) is 95.3 Å². The molecule has 0 aliphatic carbocycles. The lowest BCUT2D eigenvalue weighted by Crippen LogP contribution is -2.21. The smallest absolute Gasteiger partial charge is 0.274 e. The van der Waals surface area contributed by atoms with Crippen molar-refractivity contribution in [2.45, 2.75) is 0 Å². The summed E-state index contributed by atoms with van der Waals surface area (Å²) in [6.07, 6.45) is 1.33. The molecule has 29 heavy (non-hydrogen) atoms. The zero-order valence-corrected chi connectivity index (χ0v) is 15.0. The lowest BCUT2D eigenvalue weighted by molar-refractivity contribution is 0.0706. The molecule has 146 valence electrons. The Hall–Kier alpha value is -4.04. The number of carbonyl (C=O) groups excluding carboxylic acids is 2. The van der Waals surface area contributed by atoms with Crippen LogP contribution in [-0.2, 0) is 0 Å². The van der Waals surface area contributed by atoms with Crippen LogP contribution < -0.4 is 15.6 Å². The average molecular weight is 393 g/mol. The van der Waals surface area contributed by atoms with E-state index in [0.717, 1.165) is 0 Å². The summed E-state index contributed by atoms with van der Waals surface area (Å²) in [6.45, 7) is 0. The van der Waals surface area contributed by atoms with Crippen LogP contribution in [0.4, 0.5) is 4.39 Å².